The van der Waals surface area contributed by atoms with Crippen molar-refractivity contribution in [2.45, 2.75) is 6.92 Å². The van der Waals surface area contributed by atoms with Gasteiger partial charge in [-0.25, -0.2) is 15.2 Å². The zero-order chi connectivity index (χ0) is 9.68. The lowest BCUT2D eigenvalue weighted by molar-refractivity contribution is 0.0520. The lowest BCUT2D eigenvalue weighted by Gasteiger charge is -1.97. The van der Waals surface area contributed by atoms with Crippen molar-refractivity contribution in [3.63, 3.8) is 0 Å². The number of hydrazine groups is 1. The third-order valence-corrected chi connectivity index (χ3v) is 1.98. The predicted molar refractivity (Wildman–Crippen MR) is 50.8 cm³/mol. The Morgan fingerprint density at radius 2 is 2.54 bits per heavy atom. The molecule has 6 heteroatoms. The van der Waals surface area contributed by atoms with Gasteiger partial charge >= 0.3 is 5.97 Å². The minimum Gasteiger partial charge on any atom is -0.461 e. The van der Waals surface area contributed by atoms with Gasteiger partial charge in [-0.15, -0.1) is 11.3 Å². The van der Waals surface area contributed by atoms with E-state index in [0.717, 1.165) is 0 Å². The Hall–Kier alpha value is -1.14. The molecule has 0 atom stereocenters. The van der Waals surface area contributed by atoms with E-state index in [1.807, 2.05) is 0 Å². The first kappa shape index (κ1) is 9.94. The highest BCUT2D eigenvalue weighted by Gasteiger charge is 2.10. The van der Waals surface area contributed by atoms with Crippen molar-refractivity contribution in [3.05, 3.63) is 11.1 Å². The third kappa shape index (κ3) is 2.67. The van der Waals surface area contributed by atoms with Crippen LogP contribution < -0.4 is 10.9 Å². The van der Waals surface area contributed by atoms with Crippen LogP contribution in [0.4, 0.5) is 5.13 Å². The van der Waals surface area contributed by atoms with Crippen molar-refractivity contribution in [3.8, 4) is 0 Å². The lowest BCUT2D eigenvalue weighted by atomic mass is 10.5. The van der Waals surface area contributed by atoms with Crippen molar-refractivity contribution >= 4 is 22.4 Å². The zero-order valence-corrected chi connectivity index (χ0v) is 8.27. The summed E-state index contributed by atoms with van der Waals surface area (Å²) in [4.78, 5) is 15.1. The van der Waals surface area contributed by atoms with Gasteiger partial charge in [0.25, 0.3) is 0 Å². The molecule has 5 nitrogen and oxygen atoms in total. The molecule has 2 N–H and O–H groups in total. The maximum atomic E-state index is 11.1. The van der Waals surface area contributed by atoms with E-state index < -0.39 is 0 Å². The van der Waals surface area contributed by atoms with Crippen molar-refractivity contribution in [1.82, 2.24) is 10.4 Å². The van der Waals surface area contributed by atoms with Gasteiger partial charge in [-0.3, -0.25) is 5.43 Å². The summed E-state index contributed by atoms with van der Waals surface area (Å²) in [6.45, 7) is 2.13. The molecule has 72 valence electrons. The molecule has 0 spiro atoms. The Morgan fingerprint density at radius 1 is 1.77 bits per heavy atom. The summed E-state index contributed by atoms with van der Waals surface area (Å²) in [7, 11) is 1.73. The average Bonchev–Trinajstić information content (AvgIpc) is 2.54. The summed E-state index contributed by atoms with van der Waals surface area (Å²) in [5.74, 6) is -0.386. The third-order valence-electron chi connectivity index (χ3n) is 1.22. The number of hydrogen-bond acceptors (Lipinski definition) is 6. The van der Waals surface area contributed by atoms with Crippen molar-refractivity contribution < 1.29 is 9.53 Å². The number of esters is 1. The van der Waals surface area contributed by atoms with E-state index in [4.69, 9.17) is 4.74 Å². The van der Waals surface area contributed by atoms with Gasteiger partial charge in [-0.1, -0.05) is 0 Å². The van der Waals surface area contributed by atoms with E-state index in [1.54, 1.807) is 19.4 Å². The number of ether oxygens (including phenoxy) is 1. The molecule has 1 aromatic heterocycles. The number of carbonyl (C=O) groups is 1. The molecule has 0 bridgehead atoms. The number of nitrogens with zero attached hydrogens (tertiary/aromatic N) is 1. The molecule has 0 unspecified atom stereocenters. The van der Waals surface area contributed by atoms with Crippen LogP contribution in [0.15, 0.2) is 5.38 Å². The van der Waals surface area contributed by atoms with E-state index in [-0.39, 0.29) is 5.97 Å². The number of hydrogen-bond donors (Lipinski definition) is 2. The van der Waals surface area contributed by atoms with E-state index in [9.17, 15) is 4.79 Å². The van der Waals surface area contributed by atoms with Crippen LogP contribution in [0.2, 0.25) is 0 Å². The van der Waals surface area contributed by atoms with Crippen molar-refractivity contribution in [2.75, 3.05) is 19.1 Å². The van der Waals surface area contributed by atoms with Crippen LogP contribution in [0.25, 0.3) is 0 Å². The average molecular weight is 201 g/mol. The molecule has 0 aliphatic rings. The fourth-order valence-electron chi connectivity index (χ4n) is 0.737. The van der Waals surface area contributed by atoms with Gasteiger partial charge in [0.2, 0.25) is 0 Å². The second-order valence-corrected chi connectivity index (χ2v) is 2.99. The van der Waals surface area contributed by atoms with Crippen molar-refractivity contribution in [2.24, 2.45) is 0 Å². The highest BCUT2D eigenvalue weighted by atomic mass is 32.1. The molecule has 1 heterocycles. The number of nitrogens with one attached hydrogen (secondary N) is 2. The first-order valence-corrected chi connectivity index (χ1v) is 4.71. The number of anilines is 1. The summed E-state index contributed by atoms with van der Waals surface area (Å²) in [5, 5.41) is 2.29. The molecule has 0 saturated heterocycles. The molecule has 1 rings (SSSR count). The molecule has 0 amide bonds. The van der Waals surface area contributed by atoms with Crippen molar-refractivity contribution in [1.29, 1.82) is 0 Å². The SMILES string of the molecule is CCOC(=O)c1csc(NNC)n1. The van der Waals surface area contributed by atoms with E-state index >= 15 is 0 Å². The number of carbonyl (C=O) groups excluding carboxylic acids is 1. The zero-order valence-electron chi connectivity index (χ0n) is 7.46. The smallest absolute Gasteiger partial charge is 0.357 e. The number of aromatic nitrogens is 1. The normalized spacial score (nSPS) is 9.69. The van der Waals surface area contributed by atoms with Gasteiger partial charge in [-0.05, 0) is 6.92 Å². The molecule has 1 aromatic rings. The summed E-state index contributed by atoms with van der Waals surface area (Å²) in [6.07, 6.45) is 0. The van der Waals surface area contributed by atoms with Gasteiger partial charge in [0.1, 0.15) is 0 Å². The van der Waals surface area contributed by atoms with Gasteiger partial charge in [0, 0.05) is 12.4 Å². The molecule has 13 heavy (non-hydrogen) atoms. The fourth-order valence-corrected chi connectivity index (χ4v) is 1.42. The second-order valence-electron chi connectivity index (χ2n) is 2.13. The highest BCUT2D eigenvalue weighted by molar-refractivity contribution is 7.13. The van der Waals surface area contributed by atoms with Gasteiger partial charge in [0.05, 0.1) is 6.61 Å². The standard InChI is InChI=1S/C7H11N3O2S/c1-3-12-6(11)5-4-13-7(9-5)10-8-2/h4,8H,3H2,1-2H3,(H,9,10). The van der Waals surface area contributed by atoms with E-state index in [1.165, 1.54) is 11.3 Å². The molecule has 0 aliphatic carbocycles. The Bertz CT molecular complexity index is 287. The molecular formula is C7H11N3O2S. The molecule has 0 fully saturated rings. The van der Waals surface area contributed by atoms with Crippen LogP contribution in [0, 0.1) is 0 Å². The minimum absolute atomic E-state index is 0.338. The van der Waals surface area contributed by atoms with E-state index in [0.29, 0.717) is 17.4 Å². The Balaban J connectivity index is 2.62. The maximum absolute atomic E-state index is 11.1. The Kier molecular flexibility index (Phi) is 3.66. The van der Waals surface area contributed by atoms with Gasteiger partial charge in [-0.2, -0.15) is 0 Å². The van der Waals surface area contributed by atoms with Crippen LogP contribution in [0.5, 0.6) is 0 Å². The monoisotopic (exact) mass is 201 g/mol. The van der Waals surface area contributed by atoms with Crippen LogP contribution in [-0.4, -0.2) is 24.6 Å². The summed E-state index contributed by atoms with van der Waals surface area (Å²) < 4.78 is 4.78. The quantitative estimate of drug-likeness (QED) is 0.559. The van der Waals surface area contributed by atoms with Crippen LogP contribution >= 0.6 is 11.3 Å². The maximum Gasteiger partial charge on any atom is 0.357 e. The summed E-state index contributed by atoms with van der Waals surface area (Å²) in [6, 6.07) is 0. The van der Waals surface area contributed by atoms with Crippen LogP contribution in [-0.2, 0) is 4.74 Å². The first-order valence-electron chi connectivity index (χ1n) is 3.83. The highest BCUT2D eigenvalue weighted by Crippen LogP contribution is 2.14. The number of rotatable bonds is 4. The second kappa shape index (κ2) is 4.78. The first-order chi connectivity index (χ1) is 6.27. The van der Waals surface area contributed by atoms with E-state index in [2.05, 4.69) is 15.8 Å². The summed E-state index contributed by atoms with van der Waals surface area (Å²) >= 11 is 1.34. The van der Waals surface area contributed by atoms with Crippen LogP contribution in [0.1, 0.15) is 17.4 Å². The number of thiazole rings is 1. The lowest BCUT2D eigenvalue weighted by Crippen LogP contribution is -2.15. The molecule has 0 aromatic carbocycles. The topological polar surface area (TPSA) is 63.2 Å². The molecule has 0 aliphatic heterocycles. The fraction of sp³-hybridized carbons (Fsp3) is 0.429. The summed E-state index contributed by atoms with van der Waals surface area (Å²) in [5.41, 5.74) is 5.83. The minimum atomic E-state index is -0.386. The molecule has 0 saturated carbocycles. The Morgan fingerprint density at radius 3 is 3.15 bits per heavy atom. The van der Waals surface area contributed by atoms with Gasteiger partial charge < -0.3 is 4.74 Å². The Labute approximate surface area is 80.1 Å². The molecule has 0 radical (unpaired) electrons. The van der Waals surface area contributed by atoms with Gasteiger partial charge in [0.15, 0.2) is 10.8 Å². The predicted octanol–water partition coefficient (Wildman–Crippen LogP) is 0.866. The van der Waals surface area contributed by atoms with Crippen LogP contribution in [0.3, 0.4) is 0 Å². The largest absolute Gasteiger partial charge is 0.461 e. The molecular weight excluding hydrogens is 190 g/mol.